The average Bonchev–Trinajstić information content (AvgIpc) is 2.26. The van der Waals surface area contributed by atoms with Crippen molar-refractivity contribution in [3.05, 3.63) is 29.3 Å². The van der Waals surface area contributed by atoms with Crippen LogP contribution < -0.4 is 16.4 Å². The van der Waals surface area contributed by atoms with Crippen LogP contribution in [-0.4, -0.2) is 18.6 Å². The van der Waals surface area contributed by atoms with Crippen LogP contribution in [0, 0.1) is 0 Å². The first kappa shape index (κ1) is 12.8. The highest BCUT2D eigenvalue weighted by atomic mass is 35.5. The summed E-state index contributed by atoms with van der Waals surface area (Å²) in [6, 6.07) is 6.69. The molecule has 1 aromatic rings. The number of hydrogen-bond donors (Lipinski definition) is 3. The molecule has 0 saturated carbocycles. The Bertz CT molecular complexity index is 357. The van der Waals surface area contributed by atoms with Crippen LogP contribution in [-0.2, 0) is 0 Å². The number of amides is 2. The van der Waals surface area contributed by atoms with Gasteiger partial charge in [-0.1, -0.05) is 24.6 Å². The van der Waals surface area contributed by atoms with Crippen molar-refractivity contribution >= 4 is 23.3 Å². The van der Waals surface area contributed by atoms with Gasteiger partial charge in [-0.3, -0.25) is 0 Å². The number of hydrogen-bond acceptors (Lipinski definition) is 2. The van der Waals surface area contributed by atoms with Crippen LogP contribution in [0.15, 0.2) is 24.3 Å². The molecule has 88 valence electrons. The van der Waals surface area contributed by atoms with E-state index in [2.05, 4.69) is 10.6 Å². The minimum absolute atomic E-state index is 0.00916. The van der Waals surface area contributed by atoms with Gasteiger partial charge in [-0.25, -0.2) is 4.79 Å². The Morgan fingerprint density at radius 3 is 2.94 bits per heavy atom. The first-order valence-electron chi connectivity index (χ1n) is 5.17. The number of nitrogens with one attached hydrogen (secondary N) is 2. The van der Waals surface area contributed by atoms with E-state index in [-0.39, 0.29) is 12.1 Å². The van der Waals surface area contributed by atoms with E-state index in [0.29, 0.717) is 17.3 Å². The quantitative estimate of drug-likeness (QED) is 0.757. The largest absolute Gasteiger partial charge is 0.336 e. The van der Waals surface area contributed by atoms with Gasteiger partial charge in [0.15, 0.2) is 0 Å². The fourth-order valence-electron chi connectivity index (χ4n) is 1.11. The molecule has 0 bridgehead atoms. The van der Waals surface area contributed by atoms with Crippen molar-refractivity contribution in [2.45, 2.75) is 19.4 Å². The number of carbonyl (C=O) groups excluding carboxylic acids is 1. The molecule has 2 amide bonds. The topological polar surface area (TPSA) is 67.1 Å². The van der Waals surface area contributed by atoms with Crippen molar-refractivity contribution in [3.63, 3.8) is 0 Å². The summed E-state index contributed by atoms with van der Waals surface area (Å²) in [6.45, 7) is 2.43. The molecule has 0 fully saturated rings. The summed E-state index contributed by atoms with van der Waals surface area (Å²) in [5, 5.41) is 5.94. The highest BCUT2D eigenvalue weighted by Gasteiger charge is 2.04. The molecule has 0 saturated heterocycles. The first-order chi connectivity index (χ1) is 7.61. The second-order valence-electron chi connectivity index (χ2n) is 3.51. The molecule has 1 unspecified atom stereocenters. The van der Waals surface area contributed by atoms with Gasteiger partial charge in [0.2, 0.25) is 0 Å². The van der Waals surface area contributed by atoms with E-state index in [9.17, 15) is 4.79 Å². The standard InChI is InChI=1S/C11H16ClN3O/c1-2-9(13)7-14-11(16)15-10-5-3-4-8(12)6-10/h3-6,9H,2,7,13H2,1H3,(H2,14,15,16). The highest BCUT2D eigenvalue weighted by Crippen LogP contribution is 2.14. The molecule has 1 rings (SSSR count). The second-order valence-corrected chi connectivity index (χ2v) is 3.95. The van der Waals surface area contributed by atoms with Crippen molar-refractivity contribution < 1.29 is 4.79 Å². The van der Waals surface area contributed by atoms with Gasteiger partial charge in [-0.05, 0) is 24.6 Å². The number of halogens is 1. The van der Waals surface area contributed by atoms with E-state index >= 15 is 0 Å². The number of nitrogens with two attached hydrogens (primary N) is 1. The van der Waals surface area contributed by atoms with Crippen molar-refractivity contribution in [1.29, 1.82) is 0 Å². The minimum Gasteiger partial charge on any atom is -0.336 e. The molecule has 16 heavy (non-hydrogen) atoms. The molecule has 1 aromatic carbocycles. The predicted octanol–water partition coefficient (Wildman–Crippen LogP) is 2.20. The molecule has 5 heteroatoms. The van der Waals surface area contributed by atoms with E-state index in [4.69, 9.17) is 17.3 Å². The van der Waals surface area contributed by atoms with E-state index in [1.165, 1.54) is 0 Å². The first-order valence-corrected chi connectivity index (χ1v) is 5.55. The van der Waals surface area contributed by atoms with E-state index in [0.717, 1.165) is 6.42 Å². The molecule has 0 radical (unpaired) electrons. The van der Waals surface area contributed by atoms with Crippen LogP contribution in [0.25, 0.3) is 0 Å². The van der Waals surface area contributed by atoms with E-state index in [1.54, 1.807) is 24.3 Å². The Kier molecular flexibility index (Phi) is 5.08. The molecule has 0 aliphatic carbocycles. The Balaban J connectivity index is 2.40. The lowest BCUT2D eigenvalue weighted by Crippen LogP contribution is -2.38. The monoisotopic (exact) mass is 241 g/mol. The molecule has 0 aromatic heterocycles. The Morgan fingerprint density at radius 1 is 1.56 bits per heavy atom. The molecule has 4 nitrogen and oxygen atoms in total. The van der Waals surface area contributed by atoms with E-state index < -0.39 is 0 Å². The maximum absolute atomic E-state index is 11.4. The molecule has 0 spiro atoms. The number of carbonyl (C=O) groups is 1. The van der Waals surface area contributed by atoms with Gasteiger partial charge >= 0.3 is 6.03 Å². The van der Waals surface area contributed by atoms with Crippen molar-refractivity contribution in [3.8, 4) is 0 Å². The summed E-state index contributed by atoms with van der Waals surface area (Å²) >= 11 is 5.79. The van der Waals surface area contributed by atoms with Gasteiger partial charge in [-0.2, -0.15) is 0 Å². The molecule has 0 aliphatic rings. The summed E-state index contributed by atoms with van der Waals surface area (Å²) in [5.74, 6) is 0. The maximum Gasteiger partial charge on any atom is 0.319 e. The number of benzene rings is 1. The fourth-order valence-corrected chi connectivity index (χ4v) is 1.30. The highest BCUT2D eigenvalue weighted by molar-refractivity contribution is 6.30. The third-order valence-electron chi connectivity index (χ3n) is 2.13. The Hall–Kier alpha value is -1.26. The number of urea groups is 1. The van der Waals surface area contributed by atoms with E-state index in [1.807, 2.05) is 6.92 Å². The van der Waals surface area contributed by atoms with Gasteiger partial charge in [0.1, 0.15) is 0 Å². The van der Waals surface area contributed by atoms with Crippen LogP contribution in [0.4, 0.5) is 10.5 Å². The molecule has 0 heterocycles. The van der Waals surface area contributed by atoms with Gasteiger partial charge in [0, 0.05) is 23.3 Å². The second kappa shape index (κ2) is 6.35. The lowest BCUT2D eigenvalue weighted by atomic mass is 10.2. The Labute approximate surface area is 100 Å². The van der Waals surface area contributed by atoms with Crippen molar-refractivity contribution in [2.24, 2.45) is 5.73 Å². The summed E-state index contributed by atoms with van der Waals surface area (Å²) in [4.78, 5) is 11.4. The van der Waals surface area contributed by atoms with Crippen molar-refractivity contribution in [2.75, 3.05) is 11.9 Å². The zero-order valence-electron chi connectivity index (χ0n) is 9.16. The lowest BCUT2D eigenvalue weighted by Gasteiger charge is -2.11. The molecular weight excluding hydrogens is 226 g/mol. The van der Waals surface area contributed by atoms with Crippen LogP contribution >= 0.6 is 11.6 Å². The van der Waals surface area contributed by atoms with Crippen molar-refractivity contribution in [1.82, 2.24) is 5.32 Å². The average molecular weight is 242 g/mol. The van der Waals surface area contributed by atoms with Gasteiger partial charge in [0.25, 0.3) is 0 Å². The third-order valence-corrected chi connectivity index (χ3v) is 2.37. The SMILES string of the molecule is CCC(N)CNC(=O)Nc1cccc(Cl)c1. The summed E-state index contributed by atoms with van der Waals surface area (Å²) < 4.78 is 0. The smallest absolute Gasteiger partial charge is 0.319 e. The third kappa shape index (κ3) is 4.51. The van der Waals surface area contributed by atoms with Crippen LogP contribution in [0.2, 0.25) is 5.02 Å². The predicted molar refractivity (Wildman–Crippen MR) is 66.7 cm³/mol. The maximum atomic E-state index is 11.4. The lowest BCUT2D eigenvalue weighted by molar-refractivity contribution is 0.251. The van der Waals surface area contributed by atoms with Crippen LogP contribution in [0.3, 0.4) is 0 Å². The molecule has 4 N–H and O–H groups in total. The summed E-state index contributed by atoms with van der Waals surface area (Å²) in [5.41, 5.74) is 6.34. The zero-order valence-corrected chi connectivity index (χ0v) is 9.92. The summed E-state index contributed by atoms with van der Waals surface area (Å²) in [6.07, 6.45) is 0.831. The van der Waals surface area contributed by atoms with Gasteiger partial charge in [0.05, 0.1) is 0 Å². The molecular formula is C11H16ClN3O. The van der Waals surface area contributed by atoms with Gasteiger partial charge in [-0.15, -0.1) is 0 Å². The summed E-state index contributed by atoms with van der Waals surface area (Å²) in [7, 11) is 0. The zero-order chi connectivity index (χ0) is 12.0. The fraction of sp³-hybridized carbons (Fsp3) is 0.364. The van der Waals surface area contributed by atoms with Crippen LogP contribution in [0.5, 0.6) is 0 Å². The number of anilines is 1. The number of rotatable bonds is 4. The minimum atomic E-state index is -0.272. The molecule has 1 atom stereocenters. The van der Waals surface area contributed by atoms with Gasteiger partial charge < -0.3 is 16.4 Å². The van der Waals surface area contributed by atoms with Crippen LogP contribution in [0.1, 0.15) is 13.3 Å². The Morgan fingerprint density at radius 2 is 2.31 bits per heavy atom. The normalized spacial score (nSPS) is 11.9. The molecule has 0 aliphatic heterocycles.